The Morgan fingerprint density at radius 1 is 1.24 bits per heavy atom. The summed E-state index contributed by atoms with van der Waals surface area (Å²) in [7, 11) is 0. The van der Waals surface area contributed by atoms with E-state index in [2.05, 4.69) is 30.8 Å². The highest BCUT2D eigenvalue weighted by Crippen LogP contribution is 2.24. The fourth-order valence-electron chi connectivity index (χ4n) is 2.79. The van der Waals surface area contributed by atoms with E-state index in [9.17, 15) is 4.79 Å². The number of primary amides is 1. The Balaban J connectivity index is 1.89. The number of nitrogens with zero attached hydrogens (tertiary/aromatic N) is 4. The summed E-state index contributed by atoms with van der Waals surface area (Å²) in [5, 5.41) is 21.9. The van der Waals surface area contributed by atoms with E-state index in [1.165, 1.54) is 12.4 Å². The zero-order valence-corrected chi connectivity index (χ0v) is 15.6. The van der Waals surface area contributed by atoms with Gasteiger partial charge in [0.25, 0.3) is 11.9 Å². The molecule has 1 saturated carbocycles. The summed E-state index contributed by atoms with van der Waals surface area (Å²) in [5.41, 5.74) is 10.9. The van der Waals surface area contributed by atoms with Gasteiger partial charge >= 0.3 is 0 Å². The number of nitrogens with one attached hydrogen (secondary N) is 4. The topological polar surface area (TPSA) is 165 Å². The molecule has 3 rings (SSSR count). The number of benzene rings is 1. The Kier molecular flexibility index (Phi) is 6.36. The number of aliphatic imine (C=N–C) groups is 1. The van der Waals surface area contributed by atoms with Gasteiger partial charge in [0.2, 0.25) is 0 Å². The molecule has 2 aromatic rings. The lowest BCUT2D eigenvalue weighted by Crippen LogP contribution is -2.18. The summed E-state index contributed by atoms with van der Waals surface area (Å²) in [4.78, 5) is 24.6. The molecular weight excluding hydrogens is 370 g/mol. The van der Waals surface area contributed by atoms with Crippen molar-refractivity contribution in [3.05, 3.63) is 36.0 Å². The third kappa shape index (κ3) is 5.28. The molecule has 0 aliphatic heterocycles. The number of carbonyl (C=O) groups is 1. The van der Waals surface area contributed by atoms with Gasteiger partial charge in [-0.15, -0.1) is 0 Å². The van der Waals surface area contributed by atoms with Crippen molar-refractivity contribution in [1.82, 2.24) is 9.97 Å². The summed E-state index contributed by atoms with van der Waals surface area (Å²) in [6.07, 6.45) is 7.08. The molecule has 0 spiro atoms. The summed E-state index contributed by atoms with van der Waals surface area (Å²) < 4.78 is 0. The van der Waals surface area contributed by atoms with Crippen LogP contribution < -0.4 is 16.5 Å². The lowest BCUT2D eigenvalue weighted by molar-refractivity contribution is 0.100. The molecule has 1 aromatic heterocycles. The molecule has 1 aliphatic rings. The molecule has 1 amide bonds. The lowest BCUT2D eigenvalue weighted by atomic mass is 9.96. The monoisotopic (exact) mass is 391 g/mol. The molecule has 0 bridgehead atoms. The zero-order valence-electron chi connectivity index (χ0n) is 15.6. The second-order valence-electron chi connectivity index (χ2n) is 6.30. The van der Waals surface area contributed by atoms with Crippen LogP contribution in [0.2, 0.25) is 0 Å². The number of anilines is 3. The van der Waals surface area contributed by atoms with E-state index < -0.39 is 5.91 Å². The Labute approximate surface area is 167 Å². The number of rotatable bonds is 7. The molecule has 0 unspecified atom stereocenters. The maximum absolute atomic E-state index is 11.8. The van der Waals surface area contributed by atoms with Crippen LogP contribution in [0.5, 0.6) is 0 Å². The average molecular weight is 391 g/mol. The average Bonchev–Trinajstić information content (AvgIpc) is 2.70. The van der Waals surface area contributed by atoms with Gasteiger partial charge in [-0.2, -0.15) is 10.1 Å². The van der Waals surface area contributed by atoms with E-state index >= 15 is 0 Å². The molecule has 148 valence electrons. The maximum Gasteiger partial charge on any atom is 0.254 e. The number of carbonyl (C=O) groups excluding carboxylic acids is 1. The predicted molar refractivity (Wildman–Crippen MR) is 114 cm³/mol. The van der Waals surface area contributed by atoms with Crippen LogP contribution in [0, 0.1) is 10.8 Å². The molecular formula is C19H21N9O. The third-order valence-electron chi connectivity index (χ3n) is 4.18. The number of amides is 1. The Hall–Kier alpha value is -3.95. The minimum Gasteiger partial charge on any atom is -0.365 e. The van der Waals surface area contributed by atoms with E-state index in [1.807, 2.05) is 0 Å². The van der Waals surface area contributed by atoms with E-state index in [-0.39, 0.29) is 17.3 Å². The van der Waals surface area contributed by atoms with Crippen molar-refractivity contribution in [3.63, 3.8) is 0 Å². The fourth-order valence-corrected chi connectivity index (χ4v) is 2.79. The van der Waals surface area contributed by atoms with Crippen molar-refractivity contribution in [2.75, 3.05) is 10.7 Å². The Bertz CT molecular complexity index is 997. The zero-order chi connectivity index (χ0) is 20.6. The van der Waals surface area contributed by atoms with Crippen LogP contribution in [0.3, 0.4) is 0 Å². The van der Waals surface area contributed by atoms with Crippen LogP contribution >= 0.6 is 0 Å². The van der Waals surface area contributed by atoms with Crippen molar-refractivity contribution in [3.8, 4) is 0 Å². The summed E-state index contributed by atoms with van der Waals surface area (Å²) in [6.45, 7) is 0. The van der Waals surface area contributed by atoms with Gasteiger partial charge in [0.1, 0.15) is 11.4 Å². The van der Waals surface area contributed by atoms with Crippen LogP contribution in [-0.2, 0) is 0 Å². The maximum atomic E-state index is 11.8. The molecule has 1 heterocycles. The minimum absolute atomic E-state index is 0.132. The molecule has 0 saturated heterocycles. The van der Waals surface area contributed by atoms with Crippen LogP contribution in [0.15, 0.2) is 40.6 Å². The molecule has 1 fully saturated rings. The van der Waals surface area contributed by atoms with Crippen LogP contribution in [0.25, 0.3) is 0 Å². The molecule has 10 heteroatoms. The van der Waals surface area contributed by atoms with Crippen molar-refractivity contribution in [1.29, 1.82) is 10.8 Å². The van der Waals surface area contributed by atoms with Gasteiger partial charge in [-0.1, -0.05) is 6.07 Å². The summed E-state index contributed by atoms with van der Waals surface area (Å²) >= 11 is 0. The highest BCUT2D eigenvalue weighted by Gasteiger charge is 2.16. The molecule has 0 atom stereocenters. The second-order valence-corrected chi connectivity index (χ2v) is 6.30. The second kappa shape index (κ2) is 9.31. The number of hydrogen-bond acceptors (Lipinski definition) is 9. The van der Waals surface area contributed by atoms with Gasteiger partial charge in [0, 0.05) is 18.1 Å². The first-order valence-electron chi connectivity index (χ1n) is 9.04. The van der Waals surface area contributed by atoms with Crippen molar-refractivity contribution in [2.45, 2.75) is 25.7 Å². The van der Waals surface area contributed by atoms with Crippen molar-refractivity contribution in [2.24, 2.45) is 15.8 Å². The number of aromatic nitrogens is 2. The quantitative estimate of drug-likeness (QED) is 0.361. The van der Waals surface area contributed by atoms with Crippen LogP contribution in [0.4, 0.5) is 23.1 Å². The van der Waals surface area contributed by atoms with Crippen LogP contribution in [-0.4, -0.2) is 39.7 Å². The molecule has 0 radical (unpaired) electrons. The first-order chi connectivity index (χ1) is 14.1. The predicted octanol–water partition coefficient (Wildman–Crippen LogP) is 3.03. The molecule has 6 N–H and O–H groups in total. The van der Waals surface area contributed by atoms with Gasteiger partial charge in [0.15, 0.2) is 0 Å². The van der Waals surface area contributed by atoms with Gasteiger partial charge < -0.3 is 21.9 Å². The number of hydrazone groups is 1. The van der Waals surface area contributed by atoms with Crippen molar-refractivity contribution >= 4 is 52.9 Å². The van der Waals surface area contributed by atoms with E-state index in [4.69, 9.17) is 16.6 Å². The standard InChI is InChI=1S/C19H21N9O/c20-8-9-24-28-13-5-3-4-12(10-13)25-18-14(17(22)29)11-23-19(27-18)26-16-7-2-1-6-15(16)21/h3-5,8-11,20-21,28H,1-2,6-7H2,(H2,22,29)(H,23,25,27)/b20-8?,21-15?,24-9-,26-16+. The first kappa shape index (κ1) is 19.8. The largest absolute Gasteiger partial charge is 0.365 e. The summed E-state index contributed by atoms with van der Waals surface area (Å²) in [5.74, 6) is -0.264. The van der Waals surface area contributed by atoms with Gasteiger partial charge in [-0.3, -0.25) is 10.2 Å². The highest BCUT2D eigenvalue weighted by atomic mass is 16.1. The Morgan fingerprint density at radius 2 is 2.03 bits per heavy atom. The van der Waals surface area contributed by atoms with Gasteiger partial charge in [0.05, 0.1) is 23.3 Å². The fraction of sp³-hybridized carbons (Fsp3) is 0.211. The van der Waals surface area contributed by atoms with E-state index in [0.29, 0.717) is 35.6 Å². The Morgan fingerprint density at radius 3 is 2.79 bits per heavy atom. The van der Waals surface area contributed by atoms with E-state index in [0.717, 1.165) is 19.1 Å². The van der Waals surface area contributed by atoms with Crippen LogP contribution in [0.1, 0.15) is 36.0 Å². The van der Waals surface area contributed by atoms with E-state index in [1.54, 1.807) is 24.3 Å². The van der Waals surface area contributed by atoms with Gasteiger partial charge in [-0.05, 0) is 43.9 Å². The van der Waals surface area contributed by atoms with Crippen molar-refractivity contribution < 1.29 is 4.79 Å². The first-order valence-corrected chi connectivity index (χ1v) is 9.04. The van der Waals surface area contributed by atoms with Gasteiger partial charge in [-0.25, -0.2) is 9.98 Å². The summed E-state index contributed by atoms with van der Waals surface area (Å²) in [6, 6.07) is 7.14. The minimum atomic E-state index is -0.665. The smallest absolute Gasteiger partial charge is 0.254 e. The lowest BCUT2D eigenvalue weighted by Gasteiger charge is -2.14. The highest BCUT2D eigenvalue weighted by molar-refractivity contribution is 6.42. The molecule has 29 heavy (non-hydrogen) atoms. The SMILES string of the molecule is N=C/C=N\Nc1cccc(Nc2nc(/N=C3\CCCCC3=N)ncc2C(N)=O)c1. The molecule has 1 aromatic carbocycles. The normalized spacial score (nSPS) is 15.4. The number of nitrogens with two attached hydrogens (primary N) is 1. The number of hydrogen-bond donors (Lipinski definition) is 5. The molecule has 1 aliphatic carbocycles. The third-order valence-corrected chi connectivity index (χ3v) is 4.18. The molecule has 10 nitrogen and oxygen atoms in total.